The molecule has 0 aliphatic carbocycles. The van der Waals surface area contributed by atoms with Crippen LogP contribution in [0, 0.1) is 5.92 Å². The third kappa shape index (κ3) is 3.34. The number of ether oxygens (including phenoxy) is 1. The lowest BCUT2D eigenvalue weighted by molar-refractivity contribution is -0.121. The fourth-order valence-electron chi connectivity index (χ4n) is 1.42. The molecule has 0 spiro atoms. The Labute approximate surface area is 105 Å². The molecule has 2 nitrogen and oxygen atoms in total. The van der Waals surface area contributed by atoms with Gasteiger partial charge in [0.15, 0.2) is 0 Å². The van der Waals surface area contributed by atoms with Gasteiger partial charge in [-0.3, -0.25) is 4.79 Å². The number of ketones is 1. The predicted molar refractivity (Wildman–Crippen MR) is 68.9 cm³/mol. The van der Waals surface area contributed by atoms with Crippen LogP contribution in [0.25, 0.3) is 0 Å². The Morgan fingerprint density at radius 3 is 2.69 bits per heavy atom. The topological polar surface area (TPSA) is 26.3 Å². The molecule has 0 aliphatic rings. The van der Waals surface area contributed by atoms with Gasteiger partial charge in [-0.05, 0) is 40.0 Å². The van der Waals surface area contributed by atoms with Gasteiger partial charge in [0, 0.05) is 12.3 Å². The highest BCUT2D eigenvalue weighted by Gasteiger charge is 2.12. The summed E-state index contributed by atoms with van der Waals surface area (Å²) in [5, 5.41) is 0. The minimum Gasteiger partial charge on any atom is -0.496 e. The third-order valence-electron chi connectivity index (χ3n) is 2.76. The highest BCUT2D eigenvalue weighted by molar-refractivity contribution is 9.10. The van der Waals surface area contributed by atoms with Crippen molar-refractivity contribution in [2.75, 3.05) is 7.11 Å². The fourth-order valence-corrected chi connectivity index (χ4v) is 2.01. The zero-order valence-electron chi connectivity index (χ0n) is 9.92. The first-order chi connectivity index (χ1) is 7.58. The number of carbonyl (C=O) groups is 1. The average molecular weight is 285 g/mol. The third-order valence-corrected chi connectivity index (χ3v) is 3.38. The lowest BCUT2D eigenvalue weighted by Crippen LogP contribution is -2.12. The number of halogens is 1. The van der Waals surface area contributed by atoms with E-state index >= 15 is 0 Å². The Morgan fingerprint density at radius 2 is 2.19 bits per heavy atom. The molecule has 1 atom stereocenters. The maximum absolute atomic E-state index is 11.8. The molecule has 88 valence electrons. The quantitative estimate of drug-likeness (QED) is 0.826. The van der Waals surface area contributed by atoms with E-state index in [1.165, 1.54) is 0 Å². The van der Waals surface area contributed by atoms with Gasteiger partial charge < -0.3 is 4.74 Å². The summed E-state index contributed by atoms with van der Waals surface area (Å²) in [5.74, 6) is 1.22. The van der Waals surface area contributed by atoms with Gasteiger partial charge in [-0.1, -0.05) is 19.9 Å². The molecule has 0 saturated heterocycles. The second kappa shape index (κ2) is 6.04. The zero-order chi connectivity index (χ0) is 12.1. The number of hydrogen-bond donors (Lipinski definition) is 0. The maximum atomic E-state index is 11.8. The molecular formula is C13H17BrO2. The van der Waals surface area contributed by atoms with E-state index in [9.17, 15) is 4.79 Å². The van der Waals surface area contributed by atoms with Crippen molar-refractivity contribution in [3.05, 3.63) is 28.2 Å². The zero-order valence-corrected chi connectivity index (χ0v) is 11.5. The predicted octanol–water partition coefficient (Wildman–Crippen LogP) is 3.62. The van der Waals surface area contributed by atoms with Crippen molar-refractivity contribution in [2.24, 2.45) is 5.92 Å². The molecule has 0 bridgehead atoms. The van der Waals surface area contributed by atoms with Gasteiger partial charge in [0.2, 0.25) is 0 Å². The Kier molecular flexibility index (Phi) is 5.00. The first-order valence-electron chi connectivity index (χ1n) is 5.43. The van der Waals surface area contributed by atoms with Gasteiger partial charge >= 0.3 is 0 Å². The van der Waals surface area contributed by atoms with E-state index in [0.717, 1.165) is 22.2 Å². The van der Waals surface area contributed by atoms with Gasteiger partial charge in [-0.2, -0.15) is 0 Å². The van der Waals surface area contributed by atoms with Crippen LogP contribution in [0.15, 0.2) is 22.7 Å². The summed E-state index contributed by atoms with van der Waals surface area (Å²) in [6.07, 6.45) is 1.40. The second-order valence-electron chi connectivity index (χ2n) is 3.92. The molecule has 3 heteroatoms. The fraction of sp³-hybridized carbons (Fsp3) is 0.462. The van der Waals surface area contributed by atoms with Crippen LogP contribution in [0.4, 0.5) is 0 Å². The van der Waals surface area contributed by atoms with Gasteiger partial charge in [0.1, 0.15) is 11.5 Å². The molecule has 0 fully saturated rings. The van der Waals surface area contributed by atoms with E-state index < -0.39 is 0 Å². The number of rotatable bonds is 5. The van der Waals surface area contributed by atoms with Gasteiger partial charge in [-0.25, -0.2) is 0 Å². The Bertz CT molecular complexity index is 374. The van der Waals surface area contributed by atoms with Crippen LogP contribution in [-0.4, -0.2) is 12.9 Å². The van der Waals surface area contributed by atoms with Crippen molar-refractivity contribution in [2.45, 2.75) is 26.7 Å². The summed E-state index contributed by atoms with van der Waals surface area (Å²) >= 11 is 3.42. The highest BCUT2D eigenvalue weighted by atomic mass is 79.9. The lowest BCUT2D eigenvalue weighted by Gasteiger charge is -2.09. The molecule has 1 rings (SSSR count). The van der Waals surface area contributed by atoms with Crippen molar-refractivity contribution < 1.29 is 9.53 Å². The molecule has 1 unspecified atom stereocenters. The summed E-state index contributed by atoms with van der Waals surface area (Å²) in [7, 11) is 1.63. The van der Waals surface area contributed by atoms with Crippen LogP contribution in [0.5, 0.6) is 5.75 Å². The van der Waals surface area contributed by atoms with E-state index in [0.29, 0.717) is 12.2 Å². The van der Waals surface area contributed by atoms with Gasteiger partial charge in [0.05, 0.1) is 11.6 Å². The number of carbonyl (C=O) groups excluding carboxylic acids is 1. The number of Topliss-reactive ketones (excluding diaryl/α,β-unsaturated/α-hetero) is 1. The van der Waals surface area contributed by atoms with Crippen molar-refractivity contribution in [3.63, 3.8) is 0 Å². The minimum absolute atomic E-state index is 0.140. The standard InChI is InChI=1S/C13H17BrO2/c1-4-9(2)12(15)8-10-5-6-13(16-3)11(14)7-10/h5-7,9H,4,8H2,1-3H3. The van der Waals surface area contributed by atoms with Crippen LogP contribution < -0.4 is 4.74 Å². The molecule has 0 heterocycles. The van der Waals surface area contributed by atoms with Crippen molar-refractivity contribution in [1.29, 1.82) is 0 Å². The van der Waals surface area contributed by atoms with Crippen LogP contribution in [0.3, 0.4) is 0 Å². The Morgan fingerprint density at radius 1 is 1.50 bits per heavy atom. The SMILES string of the molecule is CCC(C)C(=O)Cc1ccc(OC)c(Br)c1. The van der Waals surface area contributed by atoms with Crippen molar-refractivity contribution in [3.8, 4) is 5.75 Å². The summed E-state index contributed by atoms with van der Waals surface area (Å²) in [6.45, 7) is 4.01. The van der Waals surface area contributed by atoms with Crippen molar-refractivity contribution >= 4 is 21.7 Å². The summed E-state index contributed by atoms with van der Waals surface area (Å²) < 4.78 is 6.03. The molecule has 0 N–H and O–H groups in total. The monoisotopic (exact) mass is 284 g/mol. The van der Waals surface area contributed by atoms with Gasteiger partial charge in [-0.15, -0.1) is 0 Å². The number of hydrogen-bond acceptors (Lipinski definition) is 2. The molecule has 1 aromatic rings. The molecule has 0 aliphatic heterocycles. The lowest BCUT2D eigenvalue weighted by atomic mass is 9.97. The normalized spacial score (nSPS) is 12.2. The van der Waals surface area contributed by atoms with E-state index in [1.54, 1.807) is 7.11 Å². The molecule has 1 aromatic carbocycles. The van der Waals surface area contributed by atoms with Crippen LogP contribution in [0.1, 0.15) is 25.8 Å². The van der Waals surface area contributed by atoms with E-state index in [-0.39, 0.29) is 5.92 Å². The van der Waals surface area contributed by atoms with Crippen molar-refractivity contribution in [1.82, 2.24) is 0 Å². The Hall–Kier alpha value is -0.830. The summed E-state index contributed by atoms with van der Waals surface area (Å²) in [5.41, 5.74) is 1.03. The molecular weight excluding hydrogens is 268 g/mol. The summed E-state index contributed by atoms with van der Waals surface area (Å²) in [6, 6.07) is 5.76. The Balaban J connectivity index is 2.75. The van der Waals surface area contributed by atoms with E-state index in [2.05, 4.69) is 15.9 Å². The first-order valence-corrected chi connectivity index (χ1v) is 6.22. The second-order valence-corrected chi connectivity index (χ2v) is 4.78. The maximum Gasteiger partial charge on any atom is 0.140 e. The van der Waals surface area contributed by atoms with Crippen LogP contribution in [0.2, 0.25) is 0 Å². The van der Waals surface area contributed by atoms with E-state index in [4.69, 9.17) is 4.74 Å². The highest BCUT2D eigenvalue weighted by Crippen LogP contribution is 2.26. The summed E-state index contributed by atoms with van der Waals surface area (Å²) in [4.78, 5) is 11.8. The molecule has 16 heavy (non-hydrogen) atoms. The molecule has 0 aromatic heterocycles. The smallest absolute Gasteiger partial charge is 0.140 e. The largest absolute Gasteiger partial charge is 0.496 e. The van der Waals surface area contributed by atoms with Crippen LogP contribution in [-0.2, 0) is 11.2 Å². The molecule has 0 saturated carbocycles. The average Bonchev–Trinajstić information content (AvgIpc) is 2.28. The minimum atomic E-state index is 0.140. The van der Waals surface area contributed by atoms with Crippen LogP contribution >= 0.6 is 15.9 Å². The molecule has 0 radical (unpaired) electrons. The number of benzene rings is 1. The number of methoxy groups -OCH3 is 1. The molecule has 0 amide bonds. The van der Waals surface area contributed by atoms with E-state index in [1.807, 2.05) is 32.0 Å². The first kappa shape index (κ1) is 13.2. The van der Waals surface area contributed by atoms with Gasteiger partial charge in [0.25, 0.3) is 0 Å².